The van der Waals surface area contributed by atoms with Gasteiger partial charge in [-0.1, -0.05) is 11.6 Å². The van der Waals surface area contributed by atoms with Gasteiger partial charge in [0.25, 0.3) is 5.91 Å². The Bertz CT molecular complexity index is 492. The van der Waals surface area contributed by atoms with Crippen LogP contribution in [0.1, 0.15) is 0 Å². The van der Waals surface area contributed by atoms with Crippen LogP contribution in [0.15, 0.2) is 24.3 Å². The molecule has 0 radical (unpaired) electrons. The molecule has 0 saturated heterocycles. The number of halogens is 4. The van der Waals surface area contributed by atoms with Crippen LogP contribution >= 0.6 is 11.6 Å². The summed E-state index contributed by atoms with van der Waals surface area (Å²) in [5, 5.41) is 4.44. The second-order valence-electron chi connectivity index (χ2n) is 3.85. The van der Waals surface area contributed by atoms with Crippen molar-refractivity contribution in [2.75, 3.05) is 19.7 Å². The molecule has 5 nitrogen and oxygen atoms in total. The number of alkyl halides is 3. The van der Waals surface area contributed by atoms with E-state index in [1.54, 1.807) is 29.6 Å². The summed E-state index contributed by atoms with van der Waals surface area (Å²) in [7, 11) is 0. The van der Waals surface area contributed by atoms with Gasteiger partial charge in [0.05, 0.1) is 0 Å². The highest BCUT2D eigenvalue weighted by atomic mass is 35.5. The molecule has 1 rings (SSSR count). The number of nitrogens with one attached hydrogen (secondary N) is 2. The SMILES string of the molecule is O=C(COc1ccc(Cl)cc1)NCCNC(=O)C(F)(F)F. The van der Waals surface area contributed by atoms with Gasteiger partial charge in [0.2, 0.25) is 0 Å². The largest absolute Gasteiger partial charge is 0.484 e. The van der Waals surface area contributed by atoms with E-state index in [9.17, 15) is 22.8 Å². The minimum Gasteiger partial charge on any atom is -0.484 e. The van der Waals surface area contributed by atoms with Crippen molar-refractivity contribution in [2.24, 2.45) is 0 Å². The van der Waals surface area contributed by atoms with E-state index in [4.69, 9.17) is 16.3 Å². The van der Waals surface area contributed by atoms with Crippen molar-refractivity contribution in [1.82, 2.24) is 10.6 Å². The van der Waals surface area contributed by atoms with E-state index in [-0.39, 0.29) is 19.7 Å². The molecule has 0 aliphatic rings. The standard InChI is InChI=1S/C12H12ClF3N2O3/c13-8-1-3-9(4-2-8)21-7-10(19)17-5-6-18-11(20)12(14,15)16/h1-4H,5-7H2,(H,17,19)(H,18,20). The van der Waals surface area contributed by atoms with Gasteiger partial charge in [0, 0.05) is 18.1 Å². The molecule has 9 heteroatoms. The molecule has 0 aliphatic heterocycles. The van der Waals surface area contributed by atoms with Crippen molar-refractivity contribution < 1.29 is 27.5 Å². The zero-order valence-electron chi connectivity index (χ0n) is 10.7. The van der Waals surface area contributed by atoms with Gasteiger partial charge in [-0.2, -0.15) is 13.2 Å². The Kier molecular flexibility index (Phi) is 6.29. The Balaban J connectivity index is 2.17. The van der Waals surface area contributed by atoms with Crippen LogP contribution in [0.5, 0.6) is 5.75 Å². The fraction of sp³-hybridized carbons (Fsp3) is 0.333. The van der Waals surface area contributed by atoms with E-state index in [1.165, 1.54) is 0 Å². The van der Waals surface area contributed by atoms with Crippen LogP contribution in [0, 0.1) is 0 Å². The van der Waals surface area contributed by atoms with Gasteiger partial charge < -0.3 is 15.4 Å². The first-order valence-corrected chi connectivity index (χ1v) is 6.17. The highest BCUT2D eigenvalue weighted by Gasteiger charge is 2.38. The van der Waals surface area contributed by atoms with Crippen LogP contribution in [0.3, 0.4) is 0 Å². The number of amides is 2. The zero-order chi connectivity index (χ0) is 15.9. The Morgan fingerprint density at radius 3 is 2.24 bits per heavy atom. The molecular weight excluding hydrogens is 313 g/mol. The smallest absolute Gasteiger partial charge is 0.471 e. The van der Waals surface area contributed by atoms with Gasteiger partial charge in [-0.15, -0.1) is 0 Å². The average molecular weight is 325 g/mol. The van der Waals surface area contributed by atoms with Crippen molar-refractivity contribution in [1.29, 1.82) is 0 Å². The van der Waals surface area contributed by atoms with E-state index in [0.717, 1.165) is 0 Å². The maximum atomic E-state index is 11.8. The monoisotopic (exact) mass is 324 g/mol. The molecular formula is C12H12ClF3N2O3. The first-order chi connectivity index (χ1) is 9.79. The predicted molar refractivity (Wildman–Crippen MR) is 69.0 cm³/mol. The van der Waals surface area contributed by atoms with Gasteiger partial charge in [0.15, 0.2) is 6.61 Å². The molecule has 0 atom stereocenters. The summed E-state index contributed by atoms with van der Waals surface area (Å²) >= 11 is 5.67. The lowest BCUT2D eigenvalue weighted by Gasteiger charge is -2.09. The molecule has 0 aromatic heterocycles. The number of benzene rings is 1. The van der Waals surface area contributed by atoms with Crippen LogP contribution in [0.4, 0.5) is 13.2 Å². The lowest BCUT2D eigenvalue weighted by molar-refractivity contribution is -0.173. The minimum absolute atomic E-state index is 0.134. The summed E-state index contributed by atoms with van der Waals surface area (Å²) in [6.07, 6.45) is -4.93. The third-order valence-corrected chi connectivity index (χ3v) is 2.43. The maximum Gasteiger partial charge on any atom is 0.471 e. The lowest BCUT2D eigenvalue weighted by atomic mass is 10.3. The van der Waals surface area contributed by atoms with E-state index >= 15 is 0 Å². The van der Waals surface area contributed by atoms with Gasteiger partial charge in [-0.05, 0) is 24.3 Å². The normalized spacial score (nSPS) is 10.9. The lowest BCUT2D eigenvalue weighted by Crippen LogP contribution is -2.41. The molecule has 21 heavy (non-hydrogen) atoms. The van der Waals surface area contributed by atoms with Gasteiger partial charge >= 0.3 is 12.1 Å². The first-order valence-electron chi connectivity index (χ1n) is 5.79. The Hall–Kier alpha value is -1.96. The molecule has 1 aromatic carbocycles. The number of hydrogen-bond donors (Lipinski definition) is 2. The van der Waals surface area contributed by atoms with Crippen molar-refractivity contribution in [3.63, 3.8) is 0 Å². The number of ether oxygens (including phenoxy) is 1. The molecule has 0 heterocycles. The molecule has 1 aromatic rings. The third kappa shape index (κ3) is 6.84. The summed E-state index contributed by atoms with van der Waals surface area (Å²) in [4.78, 5) is 21.8. The van der Waals surface area contributed by atoms with E-state index in [0.29, 0.717) is 10.8 Å². The molecule has 116 valence electrons. The summed E-state index contributed by atoms with van der Waals surface area (Å²) in [5.74, 6) is -2.14. The Morgan fingerprint density at radius 2 is 1.67 bits per heavy atom. The summed E-state index contributed by atoms with van der Waals surface area (Å²) in [5.41, 5.74) is 0. The molecule has 0 aliphatic carbocycles. The van der Waals surface area contributed by atoms with E-state index < -0.39 is 18.0 Å². The van der Waals surface area contributed by atoms with Crippen molar-refractivity contribution in [3.8, 4) is 5.75 Å². The third-order valence-electron chi connectivity index (χ3n) is 2.17. The fourth-order valence-electron chi connectivity index (χ4n) is 1.21. The number of rotatable bonds is 6. The average Bonchev–Trinajstić information content (AvgIpc) is 2.41. The topological polar surface area (TPSA) is 67.4 Å². The van der Waals surface area contributed by atoms with Crippen LogP contribution in [0.25, 0.3) is 0 Å². The Labute approximate surface area is 123 Å². The van der Waals surface area contributed by atoms with E-state index in [1.807, 2.05) is 0 Å². The van der Waals surface area contributed by atoms with Crippen molar-refractivity contribution in [2.45, 2.75) is 6.18 Å². The van der Waals surface area contributed by atoms with Crippen LogP contribution < -0.4 is 15.4 Å². The fourth-order valence-corrected chi connectivity index (χ4v) is 1.33. The molecule has 0 unspecified atom stereocenters. The van der Waals surface area contributed by atoms with Crippen molar-refractivity contribution >= 4 is 23.4 Å². The molecule has 2 amide bonds. The highest BCUT2D eigenvalue weighted by molar-refractivity contribution is 6.30. The molecule has 2 N–H and O–H groups in total. The van der Waals surface area contributed by atoms with Gasteiger partial charge in [-0.3, -0.25) is 9.59 Å². The predicted octanol–water partition coefficient (Wildman–Crippen LogP) is 1.51. The Morgan fingerprint density at radius 1 is 1.10 bits per heavy atom. The van der Waals surface area contributed by atoms with Crippen molar-refractivity contribution in [3.05, 3.63) is 29.3 Å². The second kappa shape index (κ2) is 7.72. The van der Waals surface area contributed by atoms with Gasteiger partial charge in [-0.25, -0.2) is 0 Å². The van der Waals surface area contributed by atoms with Crippen LogP contribution in [-0.2, 0) is 9.59 Å². The number of carbonyl (C=O) groups excluding carboxylic acids is 2. The molecule has 0 fully saturated rings. The number of hydrogen-bond acceptors (Lipinski definition) is 3. The van der Waals surface area contributed by atoms with Gasteiger partial charge in [0.1, 0.15) is 5.75 Å². The second-order valence-corrected chi connectivity index (χ2v) is 4.28. The quantitative estimate of drug-likeness (QED) is 0.780. The molecule has 0 spiro atoms. The zero-order valence-corrected chi connectivity index (χ0v) is 11.4. The maximum absolute atomic E-state index is 11.8. The molecule has 0 saturated carbocycles. The summed E-state index contributed by atoms with van der Waals surface area (Å²) in [6, 6.07) is 6.31. The van der Waals surface area contributed by atoms with Crippen LogP contribution in [0.2, 0.25) is 5.02 Å². The first kappa shape index (κ1) is 17.1. The summed E-state index contributed by atoms with van der Waals surface area (Å²) < 4.78 is 40.6. The number of carbonyl (C=O) groups is 2. The van der Waals surface area contributed by atoms with E-state index in [2.05, 4.69) is 5.32 Å². The van der Waals surface area contributed by atoms with Crippen LogP contribution in [-0.4, -0.2) is 37.7 Å². The minimum atomic E-state index is -4.93. The molecule has 0 bridgehead atoms. The highest BCUT2D eigenvalue weighted by Crippen LogP contribution is 2.15. The summed E-state index contributed by atoms with van der Waals surface area (Å²) in [6.45, 7) is -0.759.